The molecule has 0 radical (unpaired) electrons. The summed E-state index contributed by atoms with van der Waals surface area (Å²) >= 11 is 1.64. The Morgan fingerprint density at radius 1 is 1.08 bits per heavy atom. The molecule has 0 bridgehead atoms. The highest BCUT2D eigenvalue weighted by Crippen LogP contribution is 2.62. The van der Waals surface area contributed by atoms with Crippen LogP contribution in [-0.4, -0.2) is 30.1 Å². The smallest absolute Gasteiger partial charge is 0.306 e. The van der Waals surface area contributed by atoms with Crippen molar-refractivity contribution >= 4 is 23.2 Å². The van der Waals surface area contributed by atoms with Gasteiger partial charge in [0.25, 0.3) is 5.91 Å². The summed E-state index contributed by atoms with van der Waals surface area (Å²) in [5.41, 5.74) is 4.60. The molecular formula is C30H32FNO4S. The highest BCUT2D eigenvalue weighted by atomic mass is 32.1. The third kappa shape index (κ3) is 4.65. The second-order valence-electron chi connectivity index (χ2n) is 10.7. The van der Waals surface area contributed by atoms with Crippen LogP contribution in [0.1, 0.15) is 57.4 Å². The molecular weight excluding hydrogens is 489 g/mol. The molecule has 2 N–H and O–H groups in total. The lowest BCUT2D eigenvalue weighted by atomic mass is 9.44. The molecule has 194 valence electrons. The van der Waals surface area contributed by atoms with E-state index in [4.69, 9.17) is 4.74 Å². The fraction of sp³-hybridized carbons (Fsp3) is 0.400. The Balaban J connectivity index is 1.27. The molecule has 0 saturated heterocycles. The molecule has 1 aromatic heterocycles. The largest absolute Gasteiger partial charge is 0.497 e. The second kappa shape index (κ2) is 9.60. The highest BCUT2D eigenvalue weighted by Gasteiger charge is 2.60. The van der Waals surface area contributed by atoms with Gasteiger partial charge in [-0.05, 0) is 85.3 Å². The van der Waals surface area contributed by atoms with Crippen LogP contribution in [0, 0.1) is 36.9 Å². The lowest BCUT2D eigenvalue weighted by Gasteiger charge is -2.61. The van der Waals surface area contributed by atoms with Crippen LogP contribution in [0.25, 0.3) is 11.1 Å². The molecule has 2 fully saturated rings. The van der Waals surface area contributed by atoms with E-state index in [9.17, 15) is 19.1 Å². The van der Waals surface area contributed by atoms with Gasteiger partial charge in [0.05, 0.1) is 18.6 Å². The van der Waals surface area contributed by atoms with Gasteiger partial charge in [-0.25, -0.2) is 4.39 Å². The zero-order valence-corrected chi connectivity index (χ0v) is 22.4. The number of carbonyl (C=O) groups excluding carboxylic acids is 1. The van der Waals surface area contributed by atoms with Crippen molar-refractivity contribution in [3.05, 3.63) is 74.7 Å². The first kappa shape index (κ1) is 25.5. The number of nitrogens with one attached hydrogen (secondary N) is 1. The van der Waals surface area contributed by atoms with E-state index in [1.54, 1.807) is 11.3 Å². The molecule has 0 aliphatic heterocycles. The van der Waals surface area contributed by atoms with Crippen molar-refractivity contribution in [1.82, 2.24) is 5.32 Å². The van der Waals surface area contributed by atoms with Crippen LogP contribution in [0.5, 0.6) is 5.75 Å². The first-order valence-electron chi connectivity index (χ1n) is 12.7. The molecule has 5 nitrogen and oxygen atoms in total. The molecule has 2 aromatic carbocycles. The summed E-state index contributed by atoms with van der Waals surface area (Å²) in [5, 5.41) is 12.5. The number of carboxylic acid groups (broad SMARTS) is 1. The number of rotatable bonds is 7. The lowest BCUT2D eigenvalue weighted by molar-refractivity contribution is -0.170. The minimum Gasteiger partial charge on any atom is -0.497 e. The predicted octanol–water partition coefficient (Wildman–Crippen LogP) is 6.39. The van der Waals surface area contributed by atoms with Crippen LogP contribution >= 0.6 is 11.3 Å². The number of aryl methyl sites for hydroxylation is 2. The number of thiophene rings is 1. The van der Waals surface area contributed by atoms with Gasteiger partial charge >= 0.3 is 5.97 Å². The molecule has 2 aliphatic carbocycles. The van der Waals surface area contributed by atoms with Crippen molar-refractivity contribution in [2.24, 2.45) is 17.3 Å². The number of hydrogen-bond acceptors (Lipinski definition) is 4. The summed E-state index contributed by atoms with van der Waals surface area (Å²) in [4.78, 5) is 26.8. The number of hydrogen-bond donors (Lipinski definition) is 2. The summed E-state index contributed by atoms with van der Waals surface area (Å²) in [5.74, 6) is -0.700. The van der Waals surface area contributed by atoms with Gasteiger partial charge < -0.3 is 15.2 Å². The van der Waals surface area contributed by atoms with Crippen molar-refractivity contribution in [2.45, 2.75) is 52.5 Å². The van der Waals surface area contributed by atoms with Crippen LogP contribution in [-0.2, 0) is 11.2 Å². The van der Waals surface area contributed by atoms with E-state index in [2.05, 4.69) is 12.2 Å². The van der Waals surface area contributed by atoms with E-state index in [1.807, 2.05) is 44.2 Å². The minimum atomic E-state index is -0.705. The number of carbonyl (C=O) groups is 2. The van der Waals surface area contributed by atoms with Crippen LogP contribution in [0.2, 0.25) is 0 Å². The molecule has 2 atom stereocenters. The van der Waals surface area contributed by atoms with Gasteiger partial charge in [-0.3, -0.25) is 9.59 Å². The van der Waals surface area contributed by atoms with Crippen LogP contribution in [0.4, 0.5) is 4.39 Å². The first-order chi connectivity index (χ1) is 17.6. The Labute approximate surface area is 220 Å². The lowest BCUT2D eigenvalue weighted by Crippen LogP contribution is -2.62. The van der Waals surface area contributed by atoms with Crippen molar-refractivity contribution < 1.29 is 23.8 Å². The van der Waals surface area contributed by atoms with Crippen molar-refractivity contribution in [1.29, 1.82) is 0 Å². The average molecular weight is 522 g/mol. The molecule has 3 aromatic rings. The van der Waals surface area contributed by atoms with E-state index in [1.165, 1.54) is 19.2 Å². The average Bonchev–Trinajstić information content (AvgIpc) is 3.11. The second-order valence-corrected chi connectivity index (χ2v) is 12.1. The maximum atomic E-state index is 13.9. The van der Waals surface area contributed by atoms with E-state index in [0.717, 1.165) is 56.8 Å². The van der Waals surface area contributed by atoms with Crippen LogP contribution in [0.3, 0.4) is 0 Å². The zero-order chi connectivity index (χ0) is 26.5. The number of carboxylic acids is 1. The Bertz CT molecular complexity index is 1360. The first-order valence-corrected chi connectivity index (χ1v) is 13.5. The molecule has 1 spiro atoms. The van der Waals surface area contributed by atoms with Gasteiger partial charge in [0.1, 0.15) is 11.6 Å². The fourth-order valence-corrected chi connectivity index (χ4v) is 7.37. The standard InChI is InChI=1S/C30H32FNO4S/c1-16-26(29(34)35)15-30(16)13-23(14-30)32-28(33)27-18(3)37-17(2)25(27)9-19-5-7-20(8-6-19)21-10-22(31)12-24(11-21)36-4/h5-8,10-12,16,23,26H,9,13-15H2,1-4H3,(H,32,33)(H,34,35)/t16?,23?,26-,30?/m0/s1. The third-order valence-electron chi connectivity index (χ3n) is 8.54. The summed E-state index contributed by atoms with van der Waals surface area (Å²) in [6.07, 6.45) is 3.06. The van der Waals surface area contributed by atoms with E-state index >= 15 is 0 Å². The Hall–Kier alpha value is -3.19. The van der Waals surface area contributed by atoms with Crippen molar-refractivity contribution in [2.75, 3.05) is 7.11 Å². The quantitative estimate of drug-likeness (QED) is 0.378. The fourth-order valence-electron chi connectivity index (χ4n) is 6.29. The monoisotopic (exact) mass is 521 g/mol. The van der Waals surface area contributed by atoms with Gasteiger partial charge in [0, 0.05) is 21.9 Å². The predicted molar refractivity (Wildman–Crippen MR) is 143 cm³/mol. The topological polar surface area (TPSA) is 75.6 Å². The Kier molecular flexibility index (Phi) is 6.61. The van der Waals surface area contributed by atoms with E-state index in [-0.39, 0.29) is 35.0 Å². The summed E-state index contributed by atoms with van der Waals surface area (Å²) < 4.78 is 19.1. The summed E-state index contributed by atoms with van der Waals surface area (Å²) in [7, 11) is 1.52. The Morgan fingerprint density at radius 3 is 2.41 bits per heavy atom. The summed E-state index contributed by atoms with van der Waals surface area (Å²) in [6, 6.07) is 12.7. The van der Waals surface area contributed by atoms with Crippen molar-refractivity contribution in [3.63, 3.8) is 0 Å². The zero-order valence-electron chi connectivity index (χ0n) is 21.6. The molecule has 2 saturated carbocycles. The molecule has 7 heteroatoms. The van der Waals surface area contributed by atoms with Gasteiger partial charge in [0.2, 0.25) is 0 Å². The Morgan fingerprint density at radius 2 is 1.78 bits per heavy atom. The van der Waals surface area contributed by atoms with Gasteiger partial charge in [-0.1, -0.05) is 31.2 Å². The van der Waals surface area contributed by atoms with Crippen LogP contribution in [0.15, 0.2) is 42.5 Å². The minimum absolute atomic E-state index is 0.0399. The number of ether oxygens (including phenoxy) is 1. The number of amides is 1. The van der Waals surface area contributed by atoms with E-state index < -0.39 is 5.97 Å². The van der Waals surface area contributed by atoms with Crippen molar-refractivity contribution in [3.8, 4) is 16.9 Å². The third-order valence-corrected chi connectivity index (χ3v) is 9.60. The molecule has 2 aliphatic rings. The number of benzene rings is 2. The van der Waals surface area contributed by atoms with Crippen LogP contribution < -0.4 is 10.1 Å². The molecule has 1 amide bonds. The normalized spacial score (nSPS) is 24.3. The van der Waals surface area contributed by atoms with Gasteiger partial charge in [-0.2, -0.15) is 0 Å². The molecule has 1 heterocycles. The number of methoxy groups -OCH3 is 1. The summed E-state index contributed by atoms with van der Waals surface area (Å²) in [6.45, 7) is 6.07. The van der Waals surface area contributed by atoms with Gasteiger partial charge in [0.15, 0.2) is 0 Å². The number of aliphatic carboxylic acids is 1. The maximum Gasteiger partial charge on any atom is 0.306 e. The maximum absolute atomic E-state index is 13.9. The molecule has 5 rings (SSSR count). The van der Waals surface area contributed by atoms with E-state index in [0.29, 0.717) is 12.2 Å². The number of halogens is 1. The van der Waals surface area contributed by atoms with Gasteiger partial charge in [-0.15, -0.1) is 11.3 Å². The molecule has 1 unspecified atom stereocenters. The highest BCUT2D eigenvalue weighted by molar-refractivity contribution is 7.12. The SMILES string of the molecule is COc1cc(F)cc(-c2ccc(Cc3c(C)sc(C)c3C(=O)NC3CC4(C3)C[C@H](C(=O)O)C4C)cc2)c1. The molecule has 37 heavy (non-hydrogen) atoms.